The zero-order valence-corrected chi connectivity index (χ0v) is 21.6. The van der Waals surface area contributed by atoms with Crippen LogP contribution in [0, 0.1) is 13.8 Å². The van der Waals surface area contributed by atoms with Crippen LogP contribution in [0.4, 0.5) is 0 Å². The SMILES string of the molecule is CC(=O)Oc1ccc(S2(c3ccc(OC(C)C)c(C)c3)c3ccccc3-c3ccccc32)cc1C. The number of carbonyl (C=O) groups is 1. The van der Waals surface area contributed by atoms with E-state index in [0.717, 1.165) is 16.9 Å². The summed E-state index contributed by atoms with van der Waals surface area (Å²) >= 11 is 0. The Kier molecular flexibility index (Phi) is 5.94. The predicted octanol–water partition coefficient (Wildman–Crippen LogP) is 8.34. The molecule has 3 nitrogen and oxygen atoms in total. The van der Waals surface area contributed by atoms with Gasteiger partial charge in [0.1, 0.15) is 11.5 Å². The van der Waals surface area contributed by atoms with Crippen LogP contribution in [-0.2, 0) is 4.79 Å². The minimum Gasteiger partial charge on any atom is -0.491 e. The number of hydrogen-bond acceptors (Lipinski definition) is 3. The molecule has 35 heavy (non-hydrogen) atoms. The zero-order chi connectivity index (χ0) is 24.7. The number of aryl methyl sites for hydroxylation is 2. The second-order valence-corrected chi connectivity index (χ2v) is 12.3. The highest BCUT2D eigenvalue weighted by Crippen LogP contribution is 2.80. The number of benzene rings is 4. The average Bonchev–Trinajstić information content (AvgIpc) is 3.13. The number of ether oxygens (including phenoxy) is 2. The lowest BCUT2D eigenvalue weighted by molar-refractivity contribution is -0.131. The van der Waals surface area contributed by atoms with E-state index >= 15 is 0 Å². The number of hydrogen-bond donors (Lipinski definition) is 0. The standard InChI is InChI=1S/C31H30O3S/c1-20(2)33-28-16-14-24(18-21(28)3)35(25-15-17-29(22(4)19-25)34-23(5)32)30-12-8-6-10-26(30)27-11-7-9-13-31(27)35/h6-20H,1-5H3. The van der Waals surface area contributed by atoms with E-state index in [1.54, 1.807) is 0 Å². The third-order valence-corrected chi connectivity index (χ3v) is 10.3. The molecule has 178 valence electrons. The van der Waals surface area contributed by atoms with Crippen molar-refractivity contribution in [1.29, 1.82) is 0 Å². The van der Waals surface area contributed by atoms with Crippen molar-refractivity contribution in [1.82, 2.24) is 0 Å². The van der Waals surface area contributed by atoms with Gasteiger partial charge in [-0.3, -0.25) is 4.79 Å². The van der Waals surface area contributed by atoms with Crippen LogP contribution >= 0.6 is 10.0 Å². The molecular weight excluding hydrogens is 452 g/mol. The molecule has 0 saturated carbocycles. The van der Waals surface area contributed by atoms with Gasteiger partial charge in [-0.25, -0.2) is 0 Å². The summed E-state index contributed by atoms with van der Waals surface area (Å²) in [5, 5.41) is 0. The van der Waals surface area contributed by atoms with E-state index in [4.69, 9.17) is 9.47 Å². The molecule has 0 spiro atoms. The van der Waals surface area contributed by atoms with E-state index in [1.807, 2.05) is 13.0 Å². The number of carbonyl (C=O) groups excluding carboxylic acids is 1. The lowest BCUT2D eigenvalue weighted by Crippen LogP contribution is -2.08. The quantitative estimate of drug-likeness (QED) is 0.187. The molecule has 4 aromatic carbocycles. The summed E-state index contributed by atoms with van der Waals surface area (Å²) in [5.74, 6) is 1.21. The van der Waals surface area contributed by atoms with E-state index in [1.165, 1.54) is 37.6 Å². The van der Waals surface area contributed by atoms with Gasteiger partial charge in [0.2, 0.25) is 0 Å². The number of rotatable bonds is 5. The van der Waals surface area contributed by atoms with Crippen molar-refractivity contribution in [2.24, 2.45) is 0 Å². The third-order valence-electron chi connectivity index (χ3n) is 6.34. The third kappa shape index (κ3) is 3.82. The van der Waals surface area contributed by atoms with Crippen LogP contribution in [0.3, 0.4) is 0 Å². The molecule has 0 aromatic heterocycles. The maximum atomic E-state index is 11.6. The molecule has 0 bridgehead atoms. The monoisotopic (exact) mass is 482 g/mol. The van der Waals surface area contributed by atoms with Crippen molar-refractivity contribution in [3.63, 3.8) is 0 Å². The van der Waals surface area contributed by atoms with Crippen molar-refractivity contribution < 1.29 is 14.3 Å². The first-order chi connectivity index (χ1) is 16.8. The highest BCUT2D eigenvalue weighted by molar-refractivity contribution is 8.34. The first-order valence-electron chi connectivity index (χ1n) is 11.9. The molecule has 1 aliphatic rings. The summed E-state index contributed by atoms with van der Waals surface area (Å²) in [5.41, 5.74) is 4.63. The van der Waals surface area contributed by atoms with Gasteiger partial charge in [-0.2, -0.15) is 0 Å². The largest absolute Gasteiger partial charge is 0.491 e. The molecule has 5 rings (SSSR count). The normalized spacial score (nSPS) is 14.2. The summed E-state index contributed by atoms with van der Waals surface area (Å²) in [6, 6.07) is 30.4. The van der Waals surface area contributed by atoms with E-state index in [9.17, 15) is 4.79 Å². The summed E-state index contributed by atoms with van der Waals surface area (Å²) < 4.78 is 11.5. The van der Waals surface area contributed by atoms with Crippen LogP contribution in [0.2, 0.25) is 0 Å². The lowest BCUT2D eigenvalue weighted by atomic mass is 10.1. The Morgan fingerprint density at radius 3 is 1.66 bits per heavy atom. The van der Waals surface area contributed by atoms with Gasteiger partial charge >= 0.3 is 5.97 Å². The van der Waals surface area contributed by atoms with Gasteiger partial charge in [0.15, 0.2) is 0 Å². The second kappa shape index (κ2) is 8.94. The Bertz CT molecular complexity index is 1390. The summed E-state index contributed by atoms with van der Waals surface area (Å²) in [6.45, 7) is 9.67. The summed E-state index contributed by atoms with van der Waals surface area (Å²) in [7, 11) is -1.77. The fraction of sp³-hybridized carbons (Fsp3) is 0.194. The van der Waals surface area contributed by atoms with Gasteiger partial charge in [-0.05, 0) is 98.5 Å². The molecule has 0 fully saturated rings. The van der Waals surface area contributed by atoms with E-state index in [-0.39, 0.29) is 12.1 Å². The van der Waals surface area contributed by atoms with Crippen molar-refractivity contribution in [3.05, 3.63) is 96.1 Å². The molecule has 0 N–H and O–H groups in total. The summed E-state index contributed by atoms with van der Waals surface area (Å²) in [6.07, 6.45) is 0.116. The first-order valence-corrected chi connectivity index (χ1v) is 13.5. The molecule has 0 atom stereocenters. The van der Waals surface area contributed by atoms with E-state index in [0.29, 0.717) is 5.75 Å². The minimum absolute atomic E-state index is 0.116. The highest BCUT2D eigenvalue weighted by Gasteiger charge is 2.42. The van der Waals surface area contributed by atoms with E-state index < -0.39 is 10.0 Å². The van der Waals surface area contributed by atoms with Crippen LogP contribution in [0.15, 0.2) is 105 Å². The maximum Gasteiger partial charge on any atom is 0.308 e. The molecule has 1 aliphatic heterocycles. The van der Waals surface area contributed by atoms with Gasteiger partial charge in [-0.15, -0.1) is 10.0 Å². The molecule has 0 saturated heterocycles. The zero-order valence-electron chi connectivity index (χ0n) is 20.8. The van der Waals surface area contributed by atoms with Crippen LogP contribution in [0.25, 0.3) is 11.1 Å². The fourth-order valence-electron chi connectivity index (χ4n) is 4.95. The molecule has 0 amide bonds. The molecule has 1 heterocycles. The Morgan fingerprint density at radius 1 is 0.714 bits per heavy atom. The number of fused-ring (bicyclic) bond motifs is 3. The Morgan fingerprint density at radius 2 is 1.20 bits per heavy atom. The van der Waals surface area contributed by atoms with Crippen LogP contribution in [0.5, 0.6) is 11.5 Å². The van der Waals surface area contributed by atoms with E-state index in [2.05, 4.69) is 99.6 Å². The van der Waals surface area contributed by atoms with Crippen molar-refractivity contribution in [3.8, 4) is 22.6 Å². The second-order valence-electron chi connectivity index (χ2n) is 9.22. The Labute approximate surface area is 209 Å². The molecule has 0 radical (unpaired) electrons. The van der Waals surface area contributed by atoms with Gasteiger partial charge < -0.3 is 9.47 Å². The number of esters is 1. The first kappa shape index (κ1) is 23.3. The molecule has 0 aliphatic carbocycles. The summed E-state index contributed by atoms with van der Waals surface area (Å²) in [4.78, 5) is 16.8. The molecular formula is C31H30O3S. The van der Waals surface area contributed by atoms with Crippen LogP contribution in [-0.4, -0.2) is 12.1 Å². The van der Waals surface area contributed by atoms with Crippen molar-refractivity contribution >= 4 is 16.0 Å². The highest BCUT2D eigenvalue weighted by atomic mass is 32.3. The topological polar surface area (TPSA) is 35.5 Å². The maximum absolute atomic E-state index is 11.6. The van der Waals surface area contributed by atoms with Gasteiger partial charge in [0.05, 0.1) is 6.10 Å². The van der Waals surface area contributed by atoms with Crippen LogP contribution in [0.1, 0.15) is 31.9 Å². The average molecular weight is 483 g/mol. The lowest BCUT2D eigenvalue weighted by Gasteiger charge is -2.40. The predicted molar refractivity (Wildman–Crippen MR) is 142 cm³/mol. The fourth-order valence-corrected chi connectivity index (χ4v) is 9.31. The smallest absolute Gasteiger partial charge is 0.308 e. The molecule has 0 unspecified atom stereocenters. The van der Waals surface area contributed by atoms with Crippen molar-refractivity contribution in [2.45, 2.75) is 60.3 Å². The van der Waals surface area contributed by atoms with Crippen molar-refractivity contribution in [2.75, 3.05) is 0 Å². The Hall–Kier alpha value is -3.50. The van der Waals surface area contributed by atoms with Gasteiger partial charge in [0, 0.05) is 26.5 Å². The van der Waals surface area contributed by atoms with Gasteiger partial charge in [-0.1, -0.05) is 36.4 Å². The van der Waals surface area contributed by atoms with Crippen LogP contribution < -0.4 is 9.47 Å². The Balaban J connectivity index is 1.82. The molecule has 4 heteroatoms. The molecule has 4 aromatic rings. The minimum atomic E-state index is -1.77. The van der Waals surface area contributed by atoms with Gasteiger partial charge in [0.25, 0.3) is 0 Å².